The van der Waals surface area contributed by atoms with E-state index in [1.54, 1.807) is 6.08 Å². The van der Waals surface area contributed by atoms with Crippen molar-refractivity contribution in [3.63, 3.8) is 0 Å². The molecule has 14 heteroatoms. The molecule has 1 fully saturated rings. The molecule has 0 aromatic carbocycles. The van der Waals surface area contributed by atoms with E-state index in [0.29, 0.717) is 12.8 Å². The van der Waals surface area contributed by atoms with Crippen molar-refractivity contribution in [3.05, 3.63) is 36.5 Å². The molecule has 0 aromatic heterocycles. The summed E-state index contributed by atoms with van der Waals surface area (Å²) in [4.78, 5) is 23.5. The zero-order chi connectivity index (χ0) is 47.3. The Balaban J connectivity index is 2.49. The predicted molar refractivity (Wildman–Crippen MR) is 257 cm³/mol. The van der Waals surface area contributed by atoms with Crippen molar-refractivity contribution in [2.24, 2.45) is 0 Å². The van der Waals surface area contributed by atoms with Crippen molar-refractivity contribution < 1.29 is 59.0 Å². The summed E-state index contributed by atoms with van der Waals surface area (Å²) in [5.74, 6) is -0.607. The Hall–Kier alpha value is -1.48. The minimum absolute atomic E-state index is 0.258. The Morgan fingerprint density at radius 2 is 0.922 bits per heavy atom. The van der Waals surface area contributed by atoms with E-state index in [9.17, 15) is 50.0 Å². The highest BCUT2D eigenvalue weighted by atomic mass is 31.2. The van der Waals surface area contributed by atoms with Crippen LogP contribution in [-0.2, 0) is 18.4 Å². The number of phosphoric acid groups is 1. The Labute approximate surface area is 387 Å². The molecule has 1 aliphatic rings. The Morgan fingerprint density at radius 1 is 0.547 bits per heavy atom. The molecular formula is C50H94NO12P. The number of allylic oxidation sites excluding steroid dienone is 5. The van der Waals surface area contributed by atoms with Crippen LogP contribution >= 0.6 is 7.82 Å². The van der Waals surface area contributed by atoms with Crippen molar-refractivity contribution >= 4 is 13.7 Å². The number of carbonyl (C=O) groups is 1. The topological polar surface area (TPSA) is 226 Å². The number of aliphatic hydroxyl groups is 7. The molecule has 1 saturated carbocycles. The lowest BCUT2D eigenvalue weighted by atomic mass is 9.85. The highest BCUT2D eigenvalue weighted by Crippen LogP contribution is 2.47. The summed E-state index contributed by atoms with van der Waals surface area (Å²) in [5.41, 5.74) is 0. The van der Waals surface area contributed by atoms with Gasteiger partial charge in [0.25, 0.3) is 0 Å². The molecule has 0 radical (unpaired) electrons. The fraction of sp³-hybridized carbons (Fsp3) is 0.860. The number of phosphoric ester groups is 1. The third kappa shape index (κ3) is 30.7. The number of aliphatic hydroxyl groups excluding tert-OH is 7. The number of hydrogen-bond donors (Lipinski definition) is 9. The fourth-order valence-electron chi connectivity index (χ4n) is 8.02. The molecule has 0 spiro atoms. The van der Waals surface area contributed by atoms with Crippen molar-refractivity contribution in [3.8, 4) is 0 Å². The highest BCUT2D eigenvalue weighted by molar-refractivity contribution is 7.47. The monoisotopic (exact) mass is 932 g/mol. The van der Waals surface area contributed by atoms with Crippen molar-refractivity contribution in [1.82, 2.24) is 5.32 Å². The summed E-state index contributed by atoms with van der Waals surface area (Å²) < 4.78 is 22.9. The summed E-state index contributed by atoms with van der Waals surface area (Å²) in [6.45, 7) is 3.73. The number of nitrogens with one attached hydrogen (secondary N) is 1. The minimum atomic E-state index is -5.15. The van der Waals surface area contributed by atoms with E-state index >= 15 is 0 Å². The second kappa shape index (κ2) is 39.5. The average Bonchev–Trinajstić information content (AvgIpc) is 3.27. The van der Waals surface area contributed by atoms with Gasteiger partial charge < -0.3 is 46.0 Å². The van der Waals surface area contributed by atoms with Crippen LogP contribution in [0.2, 0.25) is 0 Å². The van der Waals surface area contributed by atoms with Gasteiger partial charge in [0.05, 0.1) is 31.3 Å². The molecule has 0 heterocycles. The maximum absolute atomic E-state index is 13.0. The first-order chi connectivity index (χ1) is 30.8. The fourth-order valence-corrected chi connectivity index (χ4v) is 8.98. The van der Waals surface area contributed by atoms with E-state index in [0.717, 1.165) is 64.2 Å². The van der Waals surface area contributed by atoms with E-state index < -0.39 is 75.2 Å². The van der Waals surface area contributed by atoms with Gasteiger partial charge in [-0.3, -0.25) is 13.8 Å². The third-order valence-corrected chi connectivity index (χ3v) is 13.2. The number of rotatable bonds is 42. The summed E-state index contributed by atoms with van der Waals surface area (Å²) in [6, 6.07) is -1.26. The molecule has 9 N–H and O–H groups in total. The third-order valence-electron chi connectivity index (χ3n) is 12.2. The van der Waals surface area contributed by atoms with Crippen LogP contribution in [0.25, 0.3) is 0 Å². The molecule has 8 atom stereocenters. The van der Waals surface area contributed by atoms with E-state index in [-0.39, 0.29) is 6.42 Å². The molecule has 1 aliphatic carbocycles. The Bertz CT molecular complexity index is 1240. The first-order valence-electron chi connectivity index (χ1n) is 25.5. The molecular weight excluding hydrogens is 838 g/mol. The van der Waals surface area contributed by atoms with Gasteiger partial charge in [-0.2, -0.15) is 0 Å². The standard InChI is InChI=1S/C50H94NO12P/c1-3-5-7-9-11-13-15-17-19-20-21-22-23-24-25-27-29-31-33-35-37-41(52)39-44(54)51-42(40-62-64(60,61)63-50-48(58)46(56)45(55)47(57)49(50)59)43(53)38-36-34-32-30-28-26-18-16-14-12-10-8-6-4-2/h23-24,28,30,36,38,41-43,45-50,52-53,55-59H,3-22,25-27,29,31-35,37,39-40H2,1-2H3,(H,51,54)(H,60,61)/b24-23-,30-28+,38-36+. The van der Waals surface area contributed by atoms with Crippen molar-refractivity contribution in [2.45, 2.75) is 268 Å². The zero-order valence-corrected chi connectivity index (χ0v) is 40.8. The number of hydrogen-bond acceptors (Lipinski definition) is 11. The van der Waals surface area contributed by atoms with Crippen LogP contribution < -0.4 is 5.32 Å². The lowest BCUT2D eigenvalue weighted by Gasteiger charge is -2.41. The molecule has 0 bridgehead atoms. The summed E-state index contributed by atoms with van der Waals surface area (Å²) in [6.07, 6.45) is 32.4. The highest BCUT2D eigenvalue weighted by Gasteiger charge is 2.51. The minimum Gasteiger partial charge on any atom is -0.393 e. The molecule has 8 unspecified atom stereocenters. The van der Waals surface area contributed by atoms with Crippen molar-refractivity contribution in [2.75, 3.05) is 6.61 Å². The van der Waals surface area contributed by atoms with E-state index in [4.69, 9.17) is 9.05 Å². The maximum atomic E-state index is 13.0. The van der Waals surface area contributed by atoms with Gasteiger partial charge in [-0.1, -0.05) is 185 Å². The normalized spacial score (nSPS) is 23.0. The summed E-state index contributed by atoms with van der Waals surface area (Å²) in [7, 11) is -5.15. The van der Waals surface area contributed by atoms with Crippen LogP contribution in [0.1, 0.15) is 213 Å². The lowest BCUT2D eigenvalue weighted by Crippen LogP contribution is -2.64. The molecule has 0 aliphatic heterocycles. The van der Waals surface area contributed by atoms with Gasteiger partial charge >= 0.3 is 7.82 Å². The predicted octanol–water partition coefficient (Wildman–Crippen LogP) is 9.31. The van der Waals surface area contributed by atoms with E-state index in [1.165, 1.54) is 122 Å². The second-order valence-electron chi connectivity index (χ2n) is 18.2. The molecule has 0 saturated heterocycles. The largest absolute Gasteiger partial charge is 0.472 e. The molecule has 1 rings (SSSR count). The van der Waals surface area contributed by atoms with E-state index in [1.807, 2.05) is 0 Å². The molecule has 376 valence electrons. The van der Waals surface area contributed by atoms with Crippen LogP contribution in [0.3, 0.4) is 0 Å². The SMILES string of the molecule is CCCCCCCCCC/C=C/CC/C=C/C(O)C(COP(=O)(O)OC1C(O)C(O)C(O)C(O)C1O)NC(=O)CC(O)CCCCCCC/C=C\CCCCCCCCCCCCC. The Morgan fingerprint density at radius 3 is 1.38 bits per heavy atom. The maximum Gasteiger partial charge on any atom is 0.472 e. The van der Waals surface area contributed by atoms with Crippen LogP contribution in [-0.4, -0.2) is 108 Å². The smallest absolute Gasteiger partial charge is 0.393 e. The van der Waals surface area contributed by atoms with Crippen molar-refractivity contribution in [1.29, 1.82) is 0 Å². The van der Waals surface area contributed by atoms with E-state index in [2.05, 4.69) is 43.5 Å². The molecule has 64 heavy (non-hydrogen) atoms. The van der Waals surface area contributed by atoms with Gasteiger partial charge in [-0.15, -0.1) is 0 Å². The Kier molecular flexibility index (Phi) is 37.4. The van der Waals surface area contributed by atoms with Gasteiger partial charge in [0.15, 0.2) is 0 Å². The van der Waals surface area contributed by atoms with Crippen LogP contribution in [0, 0.1) is 0 Å². The summed E-state index contributed by atoms with van der Waals surface area (Å²) >= 11 is 0. The summed E-state index contributed by atoms with van der Waals surface area (Å²) in [5, 5.41) is 74.5. The van der Waals surface area contributed by atoms with Crippen LogP contribution in [0.5, 0.6) is 0 Å². The first-order valence-corrected chi connectivity index (χ1v) is 27.0. The van der Waals surface area contributed by atoms with Crippen LogP contribution in [0.15, 0.2) is 36.5 Å². The zero-order valence-electron chi connectivity index (χ0n) is 39.9. The number of unbranched alkanes of at least 4 members (excludes halogenated alkanes) is 25. The van der Waals surface area contributed by atoms with Gasteiger partial charge in [-0.05, 0) is 57.8 Å². The van der Waals surface area contributed by atoms with Crippen LogP contribution in [0.4, 0.5) is 0 Å². The lowest BCUT2D eigenvalue weighted by molar-refractivity contribution is -0.220. The van der Waals surface area contributed by atoms with Gasteiger partial charge in [0, 0.05) is 0 Å². The second-order valence-corrected chi connectivity index (χ2v) is 19.6. The first kappa shape index (κ1) is 60.5. The molecule has 13 nitrogen and oxygen atoms in total. The number of carbonyl (C=O) groups excluding carboxylic acids is 1. The van der Waals surface area contributed by atoms with Gasteiger partial charge in [0.1, 0.15) is 36.6 Å². The molecule has 1 amide bonds. The molecule has 0 aromatic rings. The van der Waals surface area contributed by atoms with Gasteiger partial charge in [0.2, 0.25) is 5.91 Å². The van der Waals surface area contributed by atoms with Gasteiger partial charge in [-0.25, -0.2) is 4.57 Å². The average molecular weight is 932 g/mol. The quantitative estimate of drug-likeness (QED) is 0.0159. The number of amides is 1.